The quantitative estimate of drug-likeness (QED) is 0.611. The van der Waals surface area contributed by atoms with E-state index in [1.54, 1.807) is 28.6 Å². The van der Waals surface area contributed by atoms with Crippen molar-refractivity contribution < 1.29 is 4.74 Å². The molecule has 0 atom stereocenters. The molecule has 1 heterocycles. The van der Waals surface area contributed by atoms with Gasteiger partial charge in [-0.2, -0.15) is 10.4 Å². The first-order valence-corrected chi connectivity index (χ1v) is 6.51. The molecule has 2 rings (SSSR count). The molecule has 92 valence electrons. The summed E-state index contributed by atoms with van der Waals surface area (Å²) >= 11 is 1.71. The fourth-order valence-electron chi connectivity index (χ4n) is 1.42. The molecule has 0 saturated carbocycles. The Morgan fingerprint density at radius 1 is 1.39 bits per heavy atom. The van der Waals surface area contributed by atoms with Crippen molar-refractivity contribution in [2.24, 2.45) is 7.05 Å². The first-order chi connectivity index (χ1) is 8.78. The fraction of sp³-hybridized carbons (Fsp3) is 0.231. The predicted molar refractivity (Wildman–Crippen MR) is 70.6 cm³/mol. The van der Waals surface area contributed by atoms with Gasteiger partial charge in [0, 0.05) is 23.9 Å². The molecule has 2 aromatic rings. The Labute approximate surface area is 110 Å². The van der Waals surface area contributed by atoms with E-state index in [1.165, 1.54) is 0 Å². The van der Waals surface area contributed by atoms with E-state index in [0.717, 1.165) is 16.4 Å². The molecule has 0 aliphatic heterocycles. The van der Waals surface area contributed by atoms with Gasteiger partial charge in [-0.1, -0.05) is 0 Å². The van der Waals surface area contributed by atoms with E-state index in [4.69, 9.17) is 10.00 Å². The van der Waals surface area contributed by atoms with Crippen LogP contribution in [0.4, 0.5) is 0 Å². The Morgan fingerprint density at radius 2 is 2.17 bits per heavy atom. The molecule has 0 fully saturated rings. The number of thioether (sulfide) groups is 1. The lowest BCUT2D eigenvalue weighted by molar-refractivity contribution is 0.344. The second-order valence-electron chi connectivity index (χ2n) is 3.68. The van der Waals surface area contributed by atoms with Gasteiger partial charge in [-0.05, 0) is 24.3 Å². The third-order valence-electron chi connectivity index (χ3n) is 2.29. The van der Waals surface area contributed by atoms with E-state index in [-0.39, 0.29) is 0 Å². The van der Waals surface area contributed by atoms with E-state index in [0.29, 0.717) is 12.2 Å². The summed E-state index contributed by atoms with van der Waals surface area (Å²) in [4.78, 5) is 1.14. The van der Waals surface area contributed by atoms with Crippen molar-refractivity contribution in [2.75, 3.05) is 12.4 Å². The van der Waals surface area contributed by atoms with Crippen molar-refractivity contribution in [1.82, 2.24) is 9.78 Å². The summed E-state index contributed by atoms with van der Waals surface area (Å²) in [6.45, 7) is 0.630. The smallest absolute Gasteiger partial charge is 0.119 e. The maximum atomic E-state index is 8.67. The number of aromatic nitrogens is 2. The Hall–Kier alpha value is -1.93. The number of ether oxygens (including phenoxy) is 1. The molecule has 4 nitrogen and oxygen atoms in total. The average molecular weight is 259 g/mol. The Bertz CT molecular complexity index is 542. The van der Waals surface area contributed by atoms with Gasteiger partial charge in [-0.25, -0.2) is 0 Å². The average Bonchev–Trinajstić information content (AvgIpc) is 2.81. The van der Waals surface area contributed by atoms with E-state index >= 15 is 0 Å². The van der Waals surface area contributed by atoms with Gasteiger partial charge in [0.05, 0.1) is 24.4 Å². The van der Waals surface area contributed by atoms with Crippen LogP contribution in [-0.2, 0) is 7.05 Å². The number of hydrogen-bond acceptors (Lipinski definition) is 4. The topological polar surface area (TPSA) is 50.8 Å². The molecule has 0 N–H and O–H groups in total. The van der Waals surface area contributed by atoms with Crippen LogP contribution in [-0.4, -0.2) is 22.1 Å². The molecule has 0 unspecified atom stereocenters. The van der Waals surface area contributed by atoms with Crippen molar-refractivity contribution in [2.45, 2.75) is 4.90 Å². The third kappa shape index (κ3) is 3.54. The number of nitrogens with zero attached hydrogens (tertiary/aromatic N) is 3. The largest absolute Gasteiger partial charge is 0.493 e. The van der Waals surface area contributed by atoms with Gasteiger partial charge in [0.15, 0.2) is 0 Å². The Kier molecular flexibility index (Phi) is 4.26. The van der Waals surface area contributed by atoms with Gasteiger partial charge >= 0.3 is 0 Å². The van der Waals surface area contributed by atoms with Crippen molar-refractivity contribution in [3.63, 3.8) is 0 Å². The van der Waals surface area contributed by atoms with Crippen molar-refractivity contribution in [1.29, 1.82) is 5.26 Å². The lowest BCUT2D eigenvalue weighted by Gasteiger charge is -2.04. The lowest BCUT2D eigenvalue weighted by atomic mass is 10.2. The van der Waals surface area contributed by atoms with Crippen LogP contribution in [0.25, 0.3) is 0 Å². The number of rotatable bonds is 5. The minimum atomic E-state index is 0.630. The fourth-order valence-corrected chi connectivity index (χ4v) is 2.17. The van der Waals surface area contributed by atoms with E-state index in [1.807, 2.05) is 31.6 Å². The molecule has 1 aromatic carbocycles. The number of benzene rings is 1. The summed E-state index contributed by atoms with van der Waals surface area (Å²) in [7, 11) is 1.90. The third-order valence-corrected chi connectivity index (χ3v) is 3.20. The number of hydrogen-bond donors (Lipinski definition) is 0. The molecule has 0 aliphatic rings. The minimum Gasteiger partial charge on any atom is -0.493 e. The van der Waals surface area contributed by atoms with Crippen LogP contribution in [0.1, 0.15) is 5.56 Å². The monoisotopic (exact) mass is 259 g/mol. The first kappa shape index (κ1) is 12.5. The Balaban J connectivity index is 1.73. The van der Waals surface area contributed by atoms with Crippen molar-refractivity contribution in [3.8, 4) is 11.8 Å². The zero-order chi connectivity index (χ0) is 12.8. The molecule has 18 heavy (non-hydrogen) atoms. The van der Waals surface area contributed by atoms with Crippen LogP contribution in [0.5, 0.6) is 5.75 Å². The van der Waals surface area contributed by atoms with Gasteiger partial charge in [0.1, 0.15) is 5.75 Å². The minimum absolute atomic E-state index is 0.630. The highest BCUT2D eigenvalue weighted by Gasteiger charge is 1.98. The second-order valence-corrected chi connectivity index (χ2v) is 4.85. The zero-order valence-corrected chi connectivity index (χ0v) is 10.9. The van der Waals surface area contributed by atoms with Crippen molar-refractivity contribution >= 4 is 11.8 Å². The molecule has 0 spiro atoms. The summed E-state index contributed by atoms with van der Waals surface area (Å²) in [5.41, 5.74) is 0.645. The van der Waals surface area contributed by atoms with Gasteiger partial charge in [-0.15, -0.1) is 11.8 Å². The van der Waals surface area contributed by atoms with E-state index in [2.05, 4.69) is 11.2 Å². The van der Waals surface area contributed by atoms with Crippen LogP contribution in [0.3, 0.4) is 0 Å². The van der Waals surface area contributed by atoms with Crippen molar-refractivity contribution in [3.05, 3.63) is 42.2 Å². The van der Waals surface area contributed by atoms with Crippen LogP contribution in [0, 0.1) is 11.3 Å². The van der Waals surface area contributed by atoms with Gasteiger partial charge < -0.3 is 4.74 Å². The van der Waals surface area contributed by atoms with Crippen LogP contribution < -0.4 is 4.74 Å². The van der Waals surface area contributed by atoms with E-state index < -0.39 is 0 Å². The van der Waals surface area contributed by atoms with E-state index in [9.17, 15) is 0 Å². The SMILES string of the molecule is Cn1cc(SCCOc2ccc(C#N)cc2)cn1. The molecule has 0 amide bonds. The molecule has 0 saturated heterocycles. The number of aryl methyl sites for hydroxylation is 1. The molecule has 0 radical (unpaired) electrons. The summed E-state index contributed by atoms with van der Waals surface area (Å²) in [5.74, 6) is 1.66. The zero-order valence-electron chi connectivity index (χ0n) is 10.0. The molecule has 5 heteroatoms. The first-order valence-electron chi connectivity index (χ1n) is 5.52. The predicted octanol–water partition coefficient (Wildman–Crippen LogP) is 2.46. The maximum absolute atomic E-state index is 8.67. The van der Waals surface area contributed by atoms with Gasteiger partial charge in [0.2, 0.25) is 0 Å². The summed E-state index contributed by atoms with van der Waals surface area (Å²) in [5, 5.41) is 12.8. The summed E-state index contributed by atoms with van der Waals surface area (Å²) in [6, 6.07) is 9.21. The van der Waals surface area contributed by atoms with Crippen LogP contribution in [0.15, 0.2) is 41.6 Å². The highest BCUT2D eigenvalue weighted by atomic mass is 32.2. The highest BCUT2D eigenvalue weighted by molar-refractivity contribution is 7.99. The maximum Gasteiger partial charge on any atom is 0.119 e. The van der Waals surface area contributed by atoms with Gasteiger partial charge in [-0.3, -0.25) is 4.68 Å². The molecular formula is C13H13N3OS. The Morgan fingerprint density at radius 3 is 2.78 bits per heavy atom. The molecule has 0 bridgehead atoms. The molecular weight excluding hydrogens is 246 g/mol. The second kappa shape index (κ2) is 6.12. The van der Waals surface area contributed by atoms with Crippen LogP contribution in [0.2, 0.25) is 0 Å². The number of nitriles is 1. The highest BCUT2D eigenvalue weighted by Crippen LogP contribution is 2.17. The summed E-state index contributed by atoms with van der Waals surface area (Å²) in [6.07, 6.45) is 3.82. The normalized spacial score (nSPS) is 10.0. The van der Waals surface area contributed by atoms with Crippen LogP contribution >= 0.6 is 11.8 Å². The molecule has 0 aliphatic carbocycles. The van der Waals surface area contributed by atoms with Gasteiger partial charge in [0.25, 0.3) is 0 Å². The summed E-state index contributed by atoms with van der Waals surface area (Å²) < 4.78 is 7.36. The lowest BCUT2D eigenvalue weighted by Crippen LogP contribution is -1.99. The standard InChI is InChI=1S/C13H13N3OS/c1-16-10-13(9-15-16)18-7-6-17-12-4-2-11(8-14)3-5-12/h2-5,9-10H,6-7H2,1H3. The molecule has 1 aromatic heterocycles.